The van der Waals surface area contributed by atoms with Gasteiger partial charge in [-0.15, -0.1) is 0 Å². The van der Waals surface area contributed by atoms with E-state index in [1.165, 1.54) is 4.90 Å². The van der Waals surface area contributed by atoms with Crippen LogP contribution < -0.4 is 5.32 Å². The van der Waals surface area contributed by atoms with Crippen LogP contribution in [0.1, 0.15) is 10.4 Å². The zero-order valence-corrected chi connectivity index (χ0v) is 10.2. The predicted molar refractivity (Wildman–Crippen MR) is 68.7 cm³/mol. The average molecular weight is 245 g/mol. The third-order valence-electron chi connectivity index (χ3n) is 2.70. The van der Waals surface area contributed by atoms with E-state index in [4.69, 9.17) is 0 Å². The highest BCUT2D eigenvalue weighted by molar-refractivity contribution is 6.38. The van der Waals surface area contributed by atoms with Gasteiger partial charge in [-0.05, 0) is 0 Å². The van der Waals surface area contributed by atoms with Crippen LogP contribution in [0.3, 0.4) is 0 Å². The predicted octanol–water partition coefficient (Wildman–Crippen LogP) is 0.329. The molecule has 1 aromatic carbocycles. The molecule has 0 bridgehead atoms. The number of likely N-dealkylation sites (N-methyl/N-ethyl adjacent to an activating group) is 1. The van der Waals surface area contributed by atoms with Crippen molar-refractivity contribution in [2.75, 3.05) is 26.7 Å². The highest BCUT2D eigenvalue weighted by Crippen LogP contribution is 2.02. The molecule has 1 amide bonds. The number of ketones is 1. The highest BCUT2D eigenvalue weighted by Gasteiger charge is 2.20. The monoisotopic (exact) mass is 245 g/mol. The summed E-state index contributed by atoms with van der Waals surface area (Å²) in [6.45, 7) is 1.35. The van der Waals surface area contributed by atoms with E-state index in [-0.39, 0.29) is 18.2 Å². The Kier molecular flexibility index (Phi) is 3.72. The molecule has 0 unspecified atom stereocenters. The minimum atomic E-state index is -0.239. The Morgan fingerprint density at radius 3 is 2.67 bits per heavy atom. The molecular weight excluding hydrogens is 230 g/mol. The second kappa shape index (κ2) is 5.44. The molecule has 1 aromatic rings. The van der Waals surface area contributed by atoms with Crippen molar-refractivity contribution in [1.29, 1.82) is 0 Å². The first-order valence-corrected chi connectivity index (χ1v) is 5.80. The Hall–Kier alpha value is -2.17. The zero-order chi connectivity index (χ0) is 13.0. The SMILES string of the molecule is CN(CC(=O)c1ccccc1)C(=O)C1=NCCN1. The molecule has 0 radical (unpaired) electrons. The van der Waals surface area contributed by atoms with Gasteiger partial charge in [0.05, 0.1) is 13.1 Å². The van der Waals surface area contributed by atoms with Crippen molar-refractivity contribution in [2.45, 2.75) is 0 Å². The van der Waals surface area contributed by atoms with Crippen molar-refractivity contribution in [3.8, 4) is 0 Å². The standard InChI is InChI=1S/C13H15N3O2/c1-16(13(18)12-14-7-8-15-12)9-11(17)10-5-3-2-4-6-10/h2-6H,7-9H2,1H3,(H,14,15). The Morgan fingerprint density at radius 1 is 1.33 bits per heavy atom. The number of aliphatic imine (C=N–C) groups is 1. The Morgan fingerprint density at radius 2 is 2.06 bits per heavy atom. The summed E-state index contributed by atoms with van der Waals surface area (Å²) in [4.78, 5) is 29.2. The lowest BCUT2D eigenvalue weighted by Gasteiger charge is -2.16. The maximum atomic E-state index is 11.9. The summed E-state index contributed by atoms with van der Waals surface area (Å²) in [5.41, 5.74) is 0.610. The number of rotatable bonds is 4. The van der Waals surface area contributed by atoms with E-state index in [1.54, 1.807) is 31.3 Å². The fourth-order valence-corrected chi connectivity index (χ4v) is 1.72. The molecule has 1 N–H and O–H groups in total. The van der Waals surface area contributed by atoms with Crippen LogP contribution in [-0.4, -0.2) is 49.1 Å². The maximum Gasteiger partial charge on any atom is 0.289 e. The number of benzene rings is 1. The number of hydrogen-bond acceptors (Lipinski definition) is 4. The molecule has 1 aliphatic rings. The van der Waals surface area contributed by atoms with Gasteiger partial charge in [-0.25, -0.2) is 0 Å². The second-order valence-electron chi connectivity index (χ2n) is 4.11. The van der Waals surface area contributed by atoms with Crippen LogP contribution in [0.5, 0.6) is 0 Å². The lowest BCUT2D eigenvalue weighted by Crippen LogP contribution is -2.41. The van der Waals surface area contributed by atoms with Gasteiger partial charge in [-0.1, -0.05) is 30.3 Å². The molecule has 0 fully saturated rings. The van der Waals surface area contributed by atoms with Crippen LogP contribution in [0.4, 0.5) is 0 Å². The quantitative estimate of drug-likeness (QED) is 0.778. The van der Waals surface area contributed by atoms with E-state index in [2.05, 4.69) is 10.3 Å². The van der Waals surface area contributed by atoms with Crippen molar-refractivity contribution in [3.05, 3.63) is 35.9 Å². The molecule has 5 nitrogen and oxygen atoms in total. The summed E-state index contributed by atoms with van der Waals surface area (Å²) in [5, 5.41) is 2.90. The van der Waals surface area contributed by atoms with Crippen LogP contribution >= 0.6 is 0 Å². The molecule has 0 atom stereocenters. The number of nitrogens with one attached hydrogen (secondary N) is 1. The van der Waals surface area contributed by atoms with Gasteiger partial charge in [-0.3, -0.25) is 14.6 Å². The van der Waals surface area contributed by atoms with E-state index in [0.29, 0.717) is 24.5 Å². The van der Waals surface area contributed by atoms with E-state index >= 15 is 0 Å². The van der Waals surface area contributed by atoms with Gasteiger partial charge in [0.2, 0.25) is 0 Å². The van der Waals surface area contributed by atoms with Gasteiger partial charge in [0.1, 0.15) is 0 Å². The largest absolute Gasteiger partial charge is 0.364 e. The van der Waals surface area contributed by atoms with E-state index in [0.717, 1.165) is 0 Å². The fraction of sp³-hybridized carbons (Fsp3) is 0.308. The van der Waals surface area contributed by atoms with Gasteiger partial charge >= 0.3 is 0 Å². The Labute approximate surface area is 106 Å². The molecule has 1 aliphatic heterocycles. The summed E-state index contributed by atoms with van der Waals surface area (Å²) in [5.74, 6) is 0.0280. The van der Waals surface area contributed by atoms with Gasteiger partial charge in [0, 0.05) is 19.2 Å². The third kappa shape index (κ3) is 2.74. The fourth-order valence-electron chi connectivity index (χ4n) is 1.72. The van der Waals surface area contributed by atoms with Crippen LogP contribution in [-0.2, 0) is 4.79 Å². The van der Waals surface area contributed by atoms with Gasteiger partial charge < -0.3 is 10.2 Å². The summed E-state index contributed by atoms with van der Waals surface area (Å²) in [6.07, 6.45) is 0. The lowest BCUT2D eigenvalue weighted by molar-refractivity contribution is -0.122. The normalized spacial score (nSPS) is 13.7. The Bertz CT molecular complexity index is 482. The van der Waals surface area contributed by atoms with E-state index in [9.17, 15) is 9.59 Å². The van der Waals surface area contributed by atoms with Gasteiger partial charge in [0.15, 0.2) is 11.6 Å². The van der Waals surface area contributed by atoms with Crippen molar-refractivity contribution in [3.63, 3.8) is 0 Å². The first-order valence-electron chi connectivity index (χ1n) is 5.80. The van der Waals surface area contributed by atoms with Crippen LogP contribution in [0, 0.1) is 0 Å². The molecule has 5 heteroatoms. The second-order valence-corrected chi connectivity index (χ2v) is 4.11. The Balaban J connectivity index is 1.97. The first kappa shape index (κ1) is 12.3. The molecule has 1 heterocycles. The average Bonchev–Trinajstić information content (AvgIpc) is 2.92. The van der Waals surface area contributed by atoms with Crippen LogP contribution in [0.2, 0.25) is 0 Å². The first-order chi connectivity index (χ1) is 8.68. The molecule has 0 aliphatic carbocycles. The summed E-state index contributed by atoms with van der Waals surface area (Å²) >= 11 is 0. The van der Waals surface area contributed by atoms with Crippen molar-refractivity contribution in [1.82, 2.24) is 10.2 Å². The van der Waals surface area contributed by atoms with Gasteiger partial charge in [0.25, 0.3) is 5.91 Å². The van der Waals surface area contributed by atoms with Crippen molar-refractivity contribution < 1.29 is 9.59 Å². The number of hydrogen-bond donors (Lipinski definition) is 1. The molecule has 18 heavy (non-hydrogen) atoms. The lowest BCUT2D eigenvalue weighted by atomic mass is 10.1. The van der Waals surface area contributed by atoms with Crippen molar-refractivity contribution in [2.24, 2.45) is 4.99 Å². The highest BCUT2D eigenvalue weighted by atomic mass is 16.2. The topological polar surface area (TPSA) is 61.8 Å². The molecule has 0 spiro atoms. The van der Waals surface area contributed by atoms with Crippen LogP contribution in [0.15, 0.2) is 35.3 Å². The molecule has 2 rings (SSSR count). The number of Topliss-reactive ketones (excluding diaryl/α,β-unsaturated/α-hetero) is 1. The summed E-state index contributed by atoms with van der Waals surface area (Å²) < 4.78 is 0. The molecule has 94 valence electrons. The summed E-state index contributed by atoms with van der Waals surface area (Å²) in [6, 6.07) is 8.94. The number of amidine groups is 1. The number of nitrogens with zero attached hydrogens (tertiary/aromatic N) is 2. The number of amides is 1. The summed E-state index contributed by atoms with van der Waals surface area (Å²) in [7, 11) is 1.60. The zero-order valence-electron chi connectivity index (χ0n) is 10.2. The molecule has 0 aromatic heterocycles. The van der Waals surface area contributed by atoms with Crippen molar-refractivity contribution >= 4 is 17.5 Å². The molecule has 0 saturated heterocycles. The minimum absolute atomic E-state index is 0.0591. The molecular formula is C13H15N3O2. The van der Waals surface area contributed by atoms with E-state index in [1.807, 2.05) is 6.07 Å². The number of carbonyl (C=O) groups excluding carboxylic acids is 2. The molecule has 0 saturated carbocycles. The van der Waals surface area contributed by atoms with E-state index < -0.39 is 0 Å². The smallest absolute Gasteiger partial charge is 0.289 e. The minimum Gasteiger partial charge on any atom is -0.364 e. The third-order valence-corrected chi connectivity index (χ3v) is 2.70. The van der Waals surface area contributed by atoms with Crippen LogP contribution in [0.25, 0.3) is 0 Å². The van der Waals surface area contributed by atoms with Gasteiger partial charge in [-0.2, -0.15) is 0 Å². The number of carbonyl (C=O) groups is 2. The maximum absolute atomic E-state index is 11.9.